The minimum atomic E-state index is -0.431. The molecule has 104 valence electrons. The summed E-state index contributed by atoms with van der Waals surface area (Å²) in [7, 11) is 0. The summed E-state index contributed by atoms with van der Waals surface area (Å²) in [4.78, 5) is 14.6. The molecular formula is C14H13ClN2O3. The van der Waals surface area contributed by atoms with Crippen LogP contribution in [0, 0.1) is 24.0 Å². The van der Waals surface area contributed by atoms with Gasteiger partial charge in [-0.15, -0.1) is 11.6 Å². The van der Waals surface area contributed by atoms with E-state index in [4.69, 9.17) is 16.3 Å². The van der Waals surface area contributed by atoms with Crippen molar-refractivity contribution in [3.8, 4) is 11.6 Å². The number of nitro benzene ring substituents is 1. The number of aryl methyl sites for hydroxylation is 1. The minimum absolute atomic E-state index is 0.0255. The Bertz CT molecular complexity index is 659. The van der Waals surface area contributed by atoms with Gasteiger partial charge in [-0.1, -0.05) is 6.07 Å². The molecular weight excluding hydrogens is 280 g/mol. The highest BCUT2D eigenvalue weighted by molar-refractivity contribution is 6.17. The second kappa shape index (κ2) is 5.88. The second-order valence-electron chi connectivity index (χ2n) is 4.36. The van der Waals surface area contributed by atoms with Crippen molar-refractivity contribution < 1.29 is 9.66 Å². The minimum Gasteiger partial charge on any atom is -0.438 e. The highest BCUT2D eigenvalue weighted by Gasteiger charge is 2.15. The van der Waals surface area contributed by atoms with E-state index in [-0.39, 0.29) is 5.69 Å². The largest absolute Gasteiger partial charge is 0.438 e. The molecule has 20 heavy (non-hydrogen) atoms. The number of nitrogens with zero attached hydrogens (tertiary/aromatic N) is 2. The van der Waals surface area contributed by atoms with Crippen LogP contribution in [0.2, 0.25) is 0 Å². The van der Waals surface area contributed by atoms with Crippen molar-refractivity contribution >= 4 is 17.3 Å². The quantitative estimate of drug-likeness (QED) is 0.482. The van der Waals surface area contributed by atoms with E-state index in [9.17, 15) is 10.1 Å². The molecule has 1 aromatic carbocycles. The Morgan fingerprint density at radius 1 is 1.40 bits per heavy atom. The predicted molar refractivity (Wildman–Crippen MR) is 76.4 cm³/mol. The number of alkyl halides is 1. The van der Waals surface area contributed by atoms with Gasteiger partial charge in [0, 0.05) is 23.7 Å². The molecule has 2 aromatic rings. The van der Waals surface area contributed by atoms with Gasteiger partial charge in [0.2, 0.25) is 5.88 Å². The molecule has 0 aliphatic rings. The number of benzene rings is 1. The van der Waals surface area contributed by atoms with Crippen molar-refractivity contribution in [2.45, 2.75) is 19.7 Å². The third-order valence-electron chi connectivity index (χ3n) is 2.90. The maximum Gasteiger partial charge on any atom is 0.276 e. The molecule has 0 spiro atoms. The van der Waals surface area contributed by atoms with E-state index in [1.807, 2.05) is 13.0 Å². The van der Waals surface area contributed by atoms with Gasteiger partial charge < -0.3 is 4.74 Å². The first-order valence-electron chi connectivity index (χ1n) is 5.96. The fourth-order valence-electron chi connectivity index (χ4n) is 1.82. The normalized spacial score (nSPS) is 10.3. The average Bonchev–Trinajstić information content (AvgIpc) is 2.42. The number of halogens is 1. The number of hydrogen-bond acceptors (Lipinski definition) is 4. The van der Waals surface area contributed by atoms with E-state index in [2.05, 4.69) is 4.98 Å². The van der Waals surface area contributed by atoms with Crippen LogP contribution in [-0.2, 0) is 5.88 Å². The van der Waals surface area contributed by atoms with Gasteiger partial charge in [0.15, 0.2) is 0 Å². The van der Waals surface area contributed by atoms with Crippen LogP contribution in [0.5, 0.6) is 11.6 Å². The van der Waals surface area contributed by atoms with Crippen LogP contribution in [0.25, 0.3) is 0 Å². The molecule has 2 rings (SSSR count). The zero-order valence-electron chi connectivity index (χ0n) is 11.1. The van der Waals surface area contributed by atoms with Crippen LogP contribution in [0.15, 0.2) is 30.5 Å². The Labute approximate surface area is 121 Å². The zero-order valence-corrected chi connectivity index (χ0v) is 11.8. The van der Waals surface area contributed by atoms with Crippen molar-refractivity contribution in [2.24, 2.45) is 0 Å². The predicted octanol–water partition coefficient (Wildman–Crippen LogP) is 4.14. The van der Waals surface area contributed by atoms with Crippen LogP contribution in [0.3, 0.4) is 0 Å². The lowest BCUT2D eigenvalue weighted by atomic mass is 10.2. The summed E-state index contributed by atoms with van der Waals surface area (Å²) in [5.74, 6) is 1.22. The van der Waals surface area contributed by atoms with E-state index in [1.54, 1.807) is 25.3 Å². The van der Waals surface area contributed by atoms with Gasteiger partial charge in [0.25, 0.3) is 5.69 Å². The Kier molecular flexibility index (Phi) is 4.20. The zero-order chi connectivity index (χ0) is 14.7. The molecule has 5 nitrogen and oxygen atoms in total. The molecule has 0 amide bonds. The average molecular weight is 293 g/mol. The van der Waals surface area contributed by atoms with Gasteiger partial charge >= 0.3 is 0 Å². The molecule has 1 heterocycles. The van der Waals surface area contributed by atoms with E-state index < -0.39 is 4.92 Å². The summed E-state index contributed by atoms with van der Waals surface area (Å²) in [5, 5.41) is 10.9. The smallest absolute Gasteiger partial charge is 0.276 e. The lowest BCUT2D eigenvalue weighted by Crippen LogP contribution is -1.97. The van der Waals surface area contributed by atoms with Gasteiger partial charge in [-0.2, -0.15) is 0 Å². The third kappa shape index (κ3) is 2.88. The topological polar surface area (TPSA) is 65.3 Å². The number of nitro groups is 1. The molecule has 0 bridgehead atoms. The van der Waals surface area contributed by atoms with Crippen LogP contribution in [-0.4, -0.2) is 9.91 Å². The summed E-state index contributed by atoms with van der Waals surface area (Å²) in [6.07, 6.45) is 1.63. The Morgan fingerprint density at radius 2 is 2.15 bits per heavy atom. The van der Waals surface area contributed by atoms with Crippen molar-refractivity contribution in [1.29, 1.82) is 0 Å². The Balaban J connectivity index is 2.35. The first-order valence-corrected chi connectivity index (χ1v) is 6.49. The number of hydrogen-bond donors (Lipinski definition) is 0. The fraction of sp³-hybridized carbons (Fsp3) is 0.214. The van der Waals surface area contributed by atoms with Gasteiger partial charge in [0.1, 0.15) is 5.75 Å². The monoisotopic (exact) mass is 292 g/mol. The first kappa shape index (κ1) is 14.3. The standard InChI is InChI=1S/C14H13ClN2O3/c1-9-6-11(7-15)8-16-14(9)20-13-5-3-4-12(10(13)2)17(18)19/h3-6,8H,7H2,1-2H3. The lowest BCUT2D eigenvalue weighted by molar-refractivity contribution is -0.385. The van der Waals surface area contributed by atoms with Crippen LogP contribution < -0.4 is 4.74 Å². The highest BCUT2D eigenvalue weighted by atomic mass is 35.5. The fourth-order valence-corrected chi connectivity index (χ4v) is 1.96. The van der Waals surface area contributed by atoms with E-state index >= 15 is 0 Å². The molecule has 0 saturated heterocycles. The van der Waals surface area contributed by atoms with Crippen molar-refractivity contribution in [1.82, 2.24) is 4.98 Å². The Hall–Kier alpha value is -2.14. The summed E-state index contributed by atoms with van der Waals surface area (Å²) >= 11 is 5.74. The molecule has 1 aromatic heterocycles. The van der Waals surface area contributed by atoms with Crippen LogP contribution in [0.4, 0.5) is 5.69 Å². The maximum atomic E-state index is 10.9. The van der Waals surface area contributed by atoms with Crippen LogP contribution in [0.1, 0.15) is 16.7 Å². The lowest BCUT2D eigenvalue weighted by Gasteiger charge is -2.10. The molecule has 0 unspecified atom stereocenters. The molecule has 0 N–H and O–H groups in total. The molecule has 0 saturated carbocycles. The van der Waals surface area contributed by atoms with Gasteiger partial charge in [0.05, 0.1) is 10.5 Å². The number of rotatable bonds is 4. The molecule has 0 atom stereocenters. The second-order valence-corrected chi connectivity index (χ2v) is 4.63. The van der Waals surface area contributed by atoms with E-state index in [0.717, 1.165) is 11.1 Å². The van der Waals surface area contributed by atoms with Crippen molar-refractivity contribution in [3.05, 3.63) is 57.3 Å². The molecule has 0 radical (unpaired) electrons. The van der Waals surface area contributed by atoms with Crippen molar-refractivity contribution in [2.75, 3.05) is 0 Å². The maximum absolute atomic E-state index is 10.9. The SMILES string of the molecule is Cc1cc(CCl)cnc1Oc1cccc([N+](=O)[O-])c1C. The van der Waals surface area contributed by atoms with Crippen LogP contribution >= 0.6 is 11.6 Å². The first-order chi connectivity index (χ1) is 9.52. The Morgan fingerprint density at radius 3 is 2.75 bits per heavy atom. The van der Waals surface area contributed by atoms with E-state index in [0.29, 0.717) is 23.1 Å². The highest BCUT2D eigenvalue weighted by Crippen LogP contribution is 2.31. The third-order valence-corrected chi connectivity index (χ3v) is 3.21. The molecule has 6 heteroatoms. The molecule has 0 aliphatic heterocycles. The van der Waals surface area contributed by atoms with Gasteiger partial charge in [-0.05, 0) is 31.5 Å². The summed E-state index contributed by atoms with van der Waals surface area (Å²) in [6.45, 7) is 3.50. The number of aromatic nitrogens is 1. The number of ether oxygens (including phenoxy) is 1. The van der Waals surface area contributed by atoms with Crippen molar-refractivity contribution in [3.63, 3.8) is 0 Å². The molecule has 0 aliphatic carbocycles. The van der Waals surface area contributed by atoms with Gasteiger partial charge in [-0.3, -0.25) is 10.1 Å². The van der Waals surface area contributed by atoms with Gasteiger partial charge in [-0.25, -0.2) is 4.98 Å². The molecule has 0 fully saturated rings. The summed E-state index contributed by atoms with van der Waals surface area (Å²) in [5.41, 5.74) is 2.22. The summed E-state index contributed by atoms with van der Waals surface area (Å²) < 4.78 is 5.67. The number of pyridine rings is 1. The summed E-state index contributed by atoms with van der Waals surface area (Å²) in [6, 6.07) is 6.59. The van der Waals surface area contributed by atoms with E-state index in [1.165, 1.54) is 6.07 Å².